The first-order chi connectivity index (χ1) is 15.1. The number of likely N-dealkylation sites (N-methyl/N-ethyl adjacent to an activating group) is 1. The maximum Gasteiger partial charge on any atom is 0.295 e. The third-order valence-electron chi connectivity index (χ3n) is 5.17. The third kappa shape index (κ3) is 4.30. The summed E-state index contributed by atoms with van der Waals surface area (Å²) in [4.78, 5) is 39.3. The van der Waals surface area contributed by atoms with Crippen LogP contribution in [0.1, 0.15) is 17.2 Å². The van der Waals surface area contributed by atoms with Gasteiger partial charge in [0.2, 0.25) is 0 Å². The van der Waals surface area contributed by atoms with Gasteiger partial charge in [0.25, 0.3) is 17.4 Å². The van der Waals surface area contributed by atoms with Gasteiger partial charge in [-0.3, -0.25) is 19.7 Å². The monoisotopic (exact) mass is 443 g/mol. The molecule has 1 fully saturated rings. The molecule has 0 bridgehead atoms. The van der Waals surface area contributed by atoms with Crippen LogP contribution in [0.25, 0.3) is 5.76 Å². The molecule has 10 heteroatoms. The lowest BCUT2D eigenvalue weighted by molar-refractivity contribution is -0.384. The molecular weight excluding hydrogens is 421 g/mol. The zero-order chi connectivity index (χ0) is 23.6. The van der Waals surface area contributed by atoms with Crippen LogP contribution in [0.2, 0.25) is 0 Å². The van der Waals surface area contributed by atoms with Gasteiger partial charge >= 0.3 is 0 Å². The van der Waals surface area contributed by atoms with Crippen molar-refractivity contribution in [3.63, 3.8) is 0 Å². The third-order valence-corrected chi connectivity index (χ3v) is 5.17. The van der Waals surface area contributed by atoms with Gasteiger partial charge in [-0.15, -0.1) is 0 Å². The van der Waals surface area contributed by atoms with Gasteiger partial charge in [-0.1, -0.05) is 0 Å². The Morgan fingerprint density at radius 1 is 1.22 bits per heavy atom. The van der Waals surface area contributed by atoms with Gasteiger partial charge in [0.05, 0.1) is 23.6 Å². The van der Waals surface area contributed by atoms with E-state index in [1.54, 1.807) is 14.1 Å². The van der Waals surface area contributed by atoms with Crippen LogP contribution in [-0.2, 0) is 9.59 Å². The number of aliphatic hydroxyl groups excluding tert-OH is 1. The lowest BCUT2D eigenvalue weighted by atomic mass is 9.95. The predicted molar refractivity (Wildman–Crippen MR) is 114 cm³/mol. The number of halogens is 1. The lowest BCUT2D eigenvalue weighted by Gasteiger charge is -2.26. The average molecular weight is 443 g/mol. The smallest absolute Gasteiger partial charge is 0.295 e. The number of hydrogen-bond acceptors (Lipinski definition) is 7. The number of amides is 1. The molecule has 168 valence electrons. The second kappa shape index (κ2) is 9.15. The Bertz CT molecular complexity index is 1100. The molecule has 1 atom stereocenters. The Morgan fingerprint density at radius 3 is 2.41 bits per heavy atom. The molecule has 2 aromatic rings. The lowest BCUT2D eigenvalue weighted by Crippen LogP contribution is -2.35. The minimum atomic E-state index is -0.985. The molecule has 1 saturated heterocycles. The molecule has 9 nitrogen and oxygen atoms in total. The second-order valence-corrected chi connectivity index (χ2v) is 7.49. The number of carbonyl (C=O) groups is 2. The summed E-state index contributed by atoms with van der Waals surface area (Å²) in [7, 11) is 4.90. The van der Waals surface area contributed by atoms with Gasteiger partial charge < -0.3 is 19.6 Å². The first-order valence-corrected chi connectivity index (χ1v) is 9.67. The van der Waals surface area contributed by atoms with E-state index in [0.29, 0.717) is 12.1 Å². The minimum absolute atomic E-state index is 0.000760. The Kier molecular flexibility index (Phi) is 6.54. The first-order valence-electron chi connectivity index (χ1n) is 9.67. The van der Waals surface area contributed by atoms with E-state index in [0.717, 1.165) is 6.07 Å². The van der Waals surface area contributed by atoms with Crippen molar-refractivity contribution in [1.29, 1.82) is 0 Å². The number of aliphatic hydroxyl groups is 1. The Morgan fingerprint density at radius 2 is 1.88 bits per heavy atom. The summed E-state index contributed by atoms with van der Waals surface area (Å²) in [5.74, 6) is -3.06. The molecule has 0 radical (unpaired) electrons. The number of nitrogens with zero attached hydrogens (tertiary/aromatic N) is 3. The van der Waals surface area contributed by atoms with E-state index in [1.807, 2.05) is 4.90 Å². The van der Waals surface area contributed by atoms with Crippen molar-refractivity contribution >= 4 is 23.1 Å². The number of carbonyl (C=O) groups excluding carboxylic acids is 2. The van der Waals surface area contributed by atoms with Gasteiger partial charge in [-0.25, -0.2) is 4.39 Å². The van der Waals surface area contributed by atoms with Gasteiger partial charge in [0, 0.05) is 30.8 Å². The summed E-state index contributed by atoms with van der Waals surface area (Å²) in [6.07, 6.45) is 0. The number of hydrogen-bond donors (Lipinski definition) is 1. The normalized spacial score (nSPS) is 17.8. The van der Waals surface area contributed by atoms with Crippen LogP contribution in [0, 0.1) is 15.9 Å². The van der Waals surface area contributed by atoms with Crippen molar-refractivity contribution in [2.45, 2.75) is 6.04 Å². The minimum Gasteiger partial charge on any atom is -0.507 e. The van der Waals surface area contributed by atoms with Crippen LogP contribution in [0.5, 0.6) is 5.75 Å². The van der Waals surface area contributed by atoms with Crippen molar-refractivity contribution in [2.24, 2.45) is 0 Å². The quantitative estimate of drug-likeness (QED) is 0.230. The molecule has 0 unspecified atom stereocenters. The van der Waals surface area contributed by atoms with E-state index in [4.69, 9.17) is 4.74 Å². The summed E-state index contributed by atoms with van der Waals surface area (Å²) >= 11 is 0. The van der Waals surface area contributed by atoms with Crippen molar-refractivity contribution in [3.05, 3.63) is 75.1 Å². The number of benzene rings is 2. The zero-order valence-corrected chi connectivity index (χ0v) is 17.7. The van der Waals surface area contributed by atoms with Gasteiger partial charge in [-0.05, 0) is 50.0 Å². The van der Waals surface area contributed by atoms with Crippen molar-refractivity contribution < 1.29 is 28.7 Å². The number of likely N-dealkylation sites (tertiary alicyclic amines) is 1. The molecule has 0 aliphatic carbocycles. The predicted octanol–water partition coefficient (Wildman–Crippen LogP) is 2.73. The van der Waals surface area contributed by atoms with E-state index in [-0.39, 0.29) is 29.1 Å². The van der Waals surface area contributed by atoms with E-state index in [1.165, 1.54) is 48.4 Å². The number of ketones is 1. The highest BCUT2D eigenvalue weighted by Gasteiger charge is 2.46. The second-order valence-electron chi connectivity index (χ2n) is 7.49. The molecule has 1 aliphatic heterocycles. The number of ether oxygens (including phenoxy) is 1. The maximum absolute atomic E-state index is 14.2. The summed E-state index contributed by atoms with van der Waals surface area (Å²) in [5.41, 5.74) is 0.0355. The number of nitro benzene ring substituents is 1. The van der Waals surface area contributed by atoms with Gasteiger partial charge in [0.15, 0.2) is 11.6 Å². The van der Waals surface area contributed by atoms with Crippen LogP contribution in [-0.4, -0.2) is 65.8 Å². The van der Waals surface area contributed by atoms with Crippen molar-refractivity contribution in [1.82, 2.24) is 9.80 Å². The Labute approximate surface area is 183 Å². The van der Waals surface area contributed by atoms with Crippen molar-refractivity contribution in [2.75, 3.05) is 34.3 Å². The van der Waals surface area contributed by atoms with Crippen LogP contribution in [0.15, 0.2) is 48.0 Å². The zero-order valence-electron chi connectivity index (χ0n) is 17.7. The molecule has 1 heterocycles. The number of Topliss-reactive ketones (excluding diaryl/α,β-unsaturated/α-hetero) is 1. The SMILES string of the molecule is COc1ccc(C(O)=C2C(=O)C(=O)N(CCN(C)C)[C@@H]2c2ccc([N+](=O)[O-])cc2)cc1F. The Balaban J connectivity index is 2.15. The molecule has 1 N–H and O–H groups in total. The fourth-order valence-corrected chi connectivity index (χ4v) is 3.51. The highest BCUT2D eigenvalue weighted by molar-refractivity contribution is 6.46. The molecule has 1 amide bonds. The highest BCUT2D eigenvalue weighted by atomic mass is 19.1. The largest absolute Gasteiger partial charge is 0.507 e. The topological polar surface area (TPSA) is 113 Å². The molecule has 0 aromatic heterocycles. The number of nitro groups is 1. The fourth-order valence-electron chi connectivity index (χ4n) is 3.51. The van der Waals surface area contributed by atoms with Crippen molar-refractivity contribution in [3.8, 4) is 5.75 Å². The van der Waals surface area contributed by atoms with Crippen LogP contribution in [0.3, 0.4) is 0 Å². The fraction of sp³-hybridized carbons (Fsp3) is 0.273. The Hall–Kier alpha value is -3.79. The van der Waals surface area contributed by atoms with E-state index >= 15 is 0 Å². The van der Waals surface area contributed by atoms with E-state index in [2.05, 4.69) is 0 Å². The first kappa shape index (κ1) is 22.9. The van der Waals surface area contributed by atoms with E-state index < -0.39 is 34.2 Å². The molecule has 2 aromatic carbocycles. The molecule has 3 rings (SSSR count). The van der Waals surface area contributed by atoms with Crippen LogP contribution < -0.4 is 4.74 Å². The standard InChI is InChI=1S/C22H22FN3O6/c1-24(2)10-11-25-19(13-4-7-15(8-5-13)26(30)31)18(21(28)22(25)29)20(27)14-6-9-17(32-3)16(23)12-14/h4-9,12,19,27H,10-11H2,1-3H3/t19-/m1/s1. The molecule has 0 spiro atoms. The number of methoxy groups -OCH3 is 1. The van der Waals surface area contributed by atoms with Crippen LogP contribution >= 0.6 is 0 Å². The molecule has 32 heavy (non-hydrogen) atoms. The summed E-state index contributed by atoms with van der Waals surface area (Å²) in [5, 5.41) is 21.9. The summed E-state index contributed by atoms with van der Waals surface area (Å²) in [6, 6.07) is 8.07. The van der Waals surface area contributed by atoms with Gasteiger partial charge in [0.1, 0.15) is 5.76 Å². The summed E-state index contributed by atoms with van der Waals surface area (Å²) < 4.78 is 19.1. The maximum atomic E-state index is 14.2. The average Bonchev–Trinajstić information content (AvgIpc) is 3.01. The highest BCUT2D eigenvalue weighted by Crippen LogP contribution is 2.40. The molecule has 0 saturated carbocycles. The van der Waals surface area contributed by atoms with Gasteiger partial charge in [-0.2, -0.15) is 0 Å². The molecular formula is C22H22FN3O6. The van der Waals surface area contributed by atoms with E-state index in [9.17, 15) is 29.2 Å². The summed E-state index contributed by atoms with van der Waals surface area (Å²) in [6.45, 7) is 0.612. The molecule has 1 aliphatic rings. The number of non-ortho nitro benzene ring substituents is 1. The number of rotatable bonds is 7. The van der Waals surface area contributed by atoms with Crippen LogP contribution in [0.4, 0.5) is 10.1 Å².